The standard InChI is InChI=1S/C25H20F3NO9S/c1-36-15-9-7-14(8-10-15)24-19(13-5-3-2-4-6-13)18(22(31)32)21(30)23(24,33)20-17(37-24)11-16(12-29-20)38-39(34,35)25(26,27)28/h2-12,18-19,21,30,33H,1H3,(H,31,32)/t18-,19-,21-,23+,24+/m1/s1. The molecule has 5 rings (SSSR count). The molecule has 2 heterocycles. The van der Waals surface area contributed by atoms with E-state index in [-0.39, 0.29) is 5.56 Å². The number of halogens is 3. The predicted octanol–water partition coefficient (Wildman–Crippen LogP) is 2.65. The fourth-order valence-corrected chi connectivity index (χ4v) is 5.91. The van der Waals surface area contributed by atoms with Gasteiger partial charge in [-0.2, -0.15) is 21.6 Å². The lowest BCUT2D eigenvalue weighted by atomic mass is 9.71. The molecule has 2 aromatic carbocycles. The fraction of sp³-hybridized carbons (Fsp3) is 0.280. The minimum atomic E-state index is -6.06. The fourth-order valence-electron chi connectivity index (χ4n) is 5.47. The summed E-state index contributed by atoms with van der Waals surface area (Å²) in [7, 11) is -4.65. The van der Waals surface area contributed by atoms with E-state index < -0.39 is 67.9 Å². The monoisotopic (exact) mass is 567 g/mol. The molecule has 39 heavy (non-hydrogen) atoms. The Morgan fingerprint density at radius 3 is 2.28 bits per heavy atom. The zero-order chi connectivity index (χ0) is 28.4. The van der Waals surface area contributed by atoms with Crippen LogP contribution in [0.2, 0.25) is 0 Å². The number of ether oxygens (including phenoxy) is 2. The molecule has 0 spiro atoms. The summed E-state index contributed by atoms with van der Waals surface area (Å²) in [5, 5.41) is 33.8. The maximum Gasteiger partial charge on any atom is 0.534 e. The number of hydrogen-bond donors (Lipinski definition) is 3. The van der Waals surface area contributed by atoms with Gasteiger partial charge >= 0.3 is 21.6 Å². The summed E-state index contributed by atoms with van der Waals surface area (Å²) < 4.78 is 77.3. The minimum absolute atomic E-state index is 0.186. The number of aromatic nitrogens is 1. The quantitative estimate of drug-likeness (QED) is 0.299. The van der Waals surface area contributed by atoms with E-state index in [1.165, 1.54) is 31.4 Å². The summed E-state index contributed by atoms with van der Waals surface area (Å²) in [5.74, 6) is -5.22. The molecule has 0 saturated heterocycles. The number of aliphatic hydroxyl groups is 2. The highest BCUT2D eigenvalue weighted by Crippen LogP contribution is 2.68. The van der Waals surface area contributed by atoms with Crippen molar-refractivity contribution in [1.82, 2.24) is 4.98 Å². The first-order chi connectivity index (χ1) is 18.3. The van der Waals surface area contributed by atoms with Crippen LogP contribution in [-0.2, 0) is 26.1 Å². The van der Waals surface area contributed by atoms with Gasteiger partial charge in [0.25, 0.3) is 0 Å². The van der Waals surface area contributed by atoms with Crippen LogP contribution in [0.15, 0.2) is 66.9 Å². The summed E-state index contributed by atoms with van der Waals surface area (Å²) in [4.78, 5) is 16.4. The molecule has 0 amide bonds. The second-order valence-corrected chi connectivity index (χ2v) is 10.6. The highest BCUT2D eigenvalue weighted by Gasteiger charge is 2.78. The van der Waals surface area contributed by atoms with E-state index in [0.717, 1.165) is 6.07 Å². The van der Waals surface area contributed by atoms with Gasteiger partial charge in [-0.25, -0.2) is 0 Å². The van der Waals surface area contributed by atoms with E-state index in [1.807, 2.05) is 0 Å². The molecule has 1 fully saturated rings. The van der Waals surface area contributed by atoms with Gasteiger partial charge in [0.05, 0.1) is 19.2 Å². The van der Waals surface area contributed by atoms with E-state index >= 15 is 0 Å². The summed E-state index contributed by atoms with van der Waals surface area (Å²) in [6.07, 6.45) is -1.42. The van der Waals surface area contributed by atoms with Crippen molar-refractivity contribution in [2.75, 3.05) is 7.11 Å². The molecule has 3 aromatic rings. The van der Waals surface area contributed by atoms with Gasteiger partial charge in [-0.05, 0) is 23.3 Å². The molecular weight excluding hydrogens is 547 g/mol. The van der Waals surface area contributed by atoms with Crippen molar-refractivity contribution in [2.24, 2.45) is 5.92 Å². The van der Waals surface area contributed by atoms with Crippen LogP contribution in [-0.4, -0.2) is 53.4 Å². The summed E-state index contributed by atoms with van der Waals surface area (Å²) in [5.41, 5.74) is -10.2. The molecule has 1 aliphatic carbocycles. The number of fused-ring (bicyclic) bond motifs is 3. The Balaban J connectivity index is 1.76. The maximum absolute atomic E-state index is 12.9. The van der Waals surface area contributed by atoms with Crippen LogP contribution >= 0.6 is 0 Å². The lowest BCUT2D eigenvalue weighted by molar-refractivity contribution is -0.160. The van der Waals surface area contributed by atoms with Gasteiger partial charge in [0.15, 0.2) is 17.0 Å². The molecule has 1 aromatic heterocycles. The van der Waals surface area contributed by atoms with Gasteiger partial charge in [0, 0.05) is 12.0 Å². The number of carboxylic acids is 1. The normalized spacial score (nSPS) is 27.8. The largest absolute Gasteiger partial charge is 0.534 e. The Morgan fingerprint density at radius 2 is 1.72 bits per heavy atom. The smallest absolute Gasteiger partial charge is 0.497 e. The number of carboxylic acid groups (broad SMARTS) is 1. The van der Waals surface area contributed by atoms with Gasteiger partial charge in [-0.15, -0.1) is 0 Å². The summed E-state index contributed by atoms with van der Waals surface area (Å²) >= 11 is 0. The SMILES string of the molecule is COc1ccc([C@@]23Oc4cc(OS(=O)(=O)C(F)(F)F)cnc4[C@]2(O)[C@H](O)[C@H](C(=O)O)[C@H]3c2ccccc2)cc1. The van der Waals surface area contributed by atoms with Crippen molar-refractivity contribution in [1.29, 1.82) is 0 Å². The lowest BCUT2D eigenvalue weighted by Crippen LogP contribution is -2.52. The van der Waals surface area contributed by atoms with E-state index in [1.54, 1.807) is 30.3 Å². The number of aliphatic hydroxyl groups excluding tert-OH is 1. The highest BCUT2D eigenvalue weighted by molar-refractivity contribution is 7.88. The van der Waals surface area contributed by atoms with Crippen LogP contribution in [0.25, 0.3) is 0 Å². The zero-order valence-corrected chi connectivity index (χ0v) is 20.7. The molecule has 0 unspecified atom stereocenters. The maximum atomic E-state index is 12.9. The molecule has 1 aliphatic heterocycles. The number of benzene rings is 2. The zero-order valence-electron chi connectivity index (χ0n) is 19.9. The highest BCUT2D eigenvalue weighted by atomic mass is 32.2. The van der Waals surface area contributed by atoms with Crippen molar-refractivity contribution in [3.05, 3.63) is 83.7 Å². The lowest BCUT2D eigenvalue weighted by Gasteiger charge is -2.40. The number of pyridine rings is 1. The Kier molecular flexibility index (Phi) is 6.05. The van der Waals surface area contributed by atoms with E-state index in [4.69, 9.17) is 9.47 Å². The average Bonchev–Trinajstić information content (AvgIpc) is 3.26. The van der Waals surface area contributed by atoms with Crippen LogP contribution < -0.4 is 13.7 Å². The molecule has 3 N–H and O–H groups in total. The van der Waals surface area contributed by atoms with Crippen molar-refractivity contribution in [3.63, 3.8) is 0 Å². The first-order valence-electron chi connectivity index (χ1n) is 11.3. The topological polar surface area (TPSA) is 152 Å². The Morgan fingerprint density at radius 1 is 1.08 bits per heavy atom. The Labute approximate surface area is 219 Å². The van der Waals surface area contributed by atoms with Crippen LogP contribution in [0.3, 0.4) is 0 Å². The number of alkyl halides is 3. The third-order valence-electron chi connectivity index (χ3n) is 7.04. The van der Waals surface area contributed by atoms with Crippen molar-refractivity contribution < 1.29 is 55.4 Å². The number of hydrogen-bond acceptors (Lipinski definition) is 9. The van der Waals surface area contributed by atoms with E-state index in [9.17, 15) is 41.7 Å². The molecule has 0 bridgehead atoms. The van der Waals surface area contributed by atoms with Crippen molar-refractivity contribution >= 4 is 16.1 Å². The third kappa shape index (κ3) is 3.73. The van der Waals surface area contributed by atoms with Crippen LogP contribution in [0, 0.1) is 5.92 Å². The van der Waals surface area contributed by atoms with Crippen molar-refractivity contribution in [3.8, 4) is 17.2 Å². The molecule has 14 heteroatoms. The average molecular weight is 567 g/mol. The molecule has 2 aliphatic rings. The van der Waals surface area contributed by atoms with Gasteiger partial charge in [0.1, 0.15) is 23.3 Å². The Hall–Kier alpha value is -3.88. The van der Waals surface area contributed by atoms with Gasteiger partial charge < -0.3 is 29.0 Å². The molecule has 10 nitrogen and oxygen atoms in total. The van der Waals surface area contributed by atoms with Gasteiger partial charge in [0.2, 0.25) is 0 Å². The van der Waals surface area contributed by atoms with Gasteiger partial charge in [-0.3, -0.25) is 9.78 Å². The molecular formula is C25H20F3NO9S. The first-order valence-corrected chi connectivity index (χ1v) is 12.7. The second kappa shape index (κ2) is 8.83. The van der Waals surface area contributed by atoms with E-state index in [0.29, 0.717) is 17.5 Å². The molecule has 0 radical (unpaired) electrons. The van der Waals surface area contributed by atoms with Crippen molar-refractivity contribution in [2.45, 2.75) is 28.7 Å². The minimum Gasteiger partial charge on any atom is -0.497 e. The Bertz CT molecular complexity index is 1530. The number of rotatable bonds is 6. The molecule has 1 saturated carbocycles. The number of carbonyl (C=O) groups is 1. The summed E-state index contributed by atoms with van der Waals surface area (Å²) in [6, 6.07) is 14.8. The van der Waals surface area contributed by atoms with Crippen LogP contribution in [0.4, 0.5) is 13.2 Å². The first kappa shape index (κ1) is 26.7. The third-order valence-corrected chi connectivity index (χ3v) is 8.02. The summed E-state index contributed by atoms with van der Waals surface area (Å²) in [6.45, 7) is 0. The van der Waals surface area contributed by atoms with Gasteiger partial charge in [-0.1, -0.05) is 42.5 Å². The number of aliphatic carboxylic acids is 1. The number of methoxy groups -OCH3 is 1. The number of nitrogens with zero attached hydrogens (tertiary/aromatic N) is 1. The molecule has 5 atom stereocenters. The van der Waals surface area contributed by atoms with Crippen LogP contribution in [0.1, 0.15) is 22.7 Å². The van der Waals surface area contributed by atoms with Crippen LogP contribution in [0.5, 0.6) is 17.2 Å². The second-order valence-electron chi connectivity index (χ2n) is 9.03. The predicted molar refractivity (Wildman–Crippen MR) is 125 cm³/mol. The van der Waals surface area contributed by atoms with E-state index in [2.05, 4.69) is 9.17 Å². The molecule has 206 valence electrons.